The molecule has 0 aliphatic heterocycles. The molecule has 3 aromatic rings. The Bertz CT molecular complexity index is 810. The van der Waals surface area contributed by atoms with Gasteiger partial charge in [0.2, 0.25) is 0 Å². The van der Waals surface area contributed by atoms with Crippen molar-refractivity contribution in [3.05, 3.63) is 108 Å². The Hall–Kier alpha value is -2.79. The molecular formula is C22H17GeO3. The number of Topliss-reactive ketones (excluding diaryl/α,β-unsaturated/α-hetero) is 3. The predicted octanol–water partition coefficient (Wildman–Crippen LogP) is 3.43. The molecule has 0 heterocycles. The molecule has 26 heavy (non-hydrogen) atoms. The van der Waals surface area contributed by atoms with E-state index in [0.29, 0.717) is 16.7 Å². The van der Waals surface area contributed by atoms with Gasteiger partial charge in [-0.1, -0.05) is 0 Å². The van der Waals surface area contributed by atoms with Crippen molar-refractivity contribution in [2.75, 3.05) is 0 Å². The Balaban J connectivity index is 2.14. The van der Waals surface area contributed by atoms with E-state index in [2.05, 4.69) is 0 Å². The fourth-order valence-electron chi connectivity index (χ4n) is 2.82. The summed E-state index contributed by atoms with van der Waals surface area (Å²) in [5.74, 6) is -1.33. The van der Waals surface area contributed by atoms with Crippen molar-refractivity contribution >= 4 is 33.9 Å². The fourth-order valence-corrected chi connectivity index (χ4v) is 4.10. The van der Waals surface area contributed by atoms with Gasteiger partial charge in [-0.05, 0) is 0 Å². The molecule has 0 aliphatic carbocycles. The van der Waals surface area contributed by atoms with Gasteiger partial charge in [-0.25, -0.2) is 0 Å². The molecule has 3 nitrogen and oxygen atoms in total. The summed E-state index contributed by atoms with van der Waals surface area (Å²) in [6.07, 6.45) is 0. The van der Waals surface area contributed by atoms with Crippen LogP contribution in [-0.4, -0.2) is 33.9 Å². The van der Waals surface area contributed by atoms with Crippen molar-refractivity contribution in [1.82, 2.24) is 0 Å². The molecule has 0 N–H and O–H groups in total. The molecule has 0 aliphatic rings. The summed E-state index contributed by atoms with van der Waals surface area (Å²) >= 11 is 0.210. The van der Waals surface area contributed by atoms with Gasteiger partial charge in [0.15, 0.2) is 0 Å². The van der Waals surface area contributed by atoms with E-state index in [1.807, 2.05) is 0 Å². The maximum absolute atomic E-state index is 13.3. The molecule has 127 valence electrons. The van der Waals surface area contributed by atoms with Crippen molar-refractivity contribution < 1.29 is 14.4 Å². The average Bonchev–Trinajstić information content (AvgIpc) is 2.73. The summed E-state index contributed by atoms with van der Waals surface area (Å²) in [4.78, 5) is 39.9. The normalized spacial score (nSPS) is 11.0. The molecular weight excluding hydrogens is 385 g/mol. The van der Waals surface area contributed by atoms with E-state index in [9.17, 15) is 14.4 Å². The van der Waals surface area contributed by atoms with Gasteiger partial charge < -0.3 is 0 Å². The fraction of sp³-hybridized carbons (Fsp3) is 0.0455. The van der Waals surface area contributed by atoms with Gasteiger partial charge in [-0.15, -0.1) is 0 Å². The van der Waals surface area contributed by atoms with Gasteiger partial charge in [-0.2, -0.15) is 0 Å². The summed E-state index contributed by atoms with van der Waals surface area (Å²) in [6.45, 7) is 0. The monoisotopic (exact) mass is 403 g/mol. The van der Waals surface area contributed by atoms with Crippen LogP contribution in [0.4, 0.5) is 0 Å². The van der Waals surface area contributed by atoms with Crippen LogP contribution < -0.4 is 0 Å². The van der Waals surface area contributed by atoms with Gasteiger partial charge in [0.05, 0.1) is 0 Å². The van der Waals surface area contributed by atoms with E-state index in [0.717, 1.165) is 0 Å². The minimum atomic E-state index is -1.70. The van der Waals surface area contributed by atoms with Crippen LogP contribution in [0, 0.1) is 0 Å². The Labute approximate surface area is 160 Å². The second-order valence-electron chi connectivity index (χ2n) is 5.99. The van der Waals surface area contributed by atoms with Gasteiger partial charge in [-0.3, -0.25) is 0 Å². The molecule has 0 amide bonds. The van der Waals surface area contributed by atoms with E-state index in [1.54, 1.807) is 91.0 Å². The molecule has 1 radical (unpaired) electrons. The molecule has 0 aromatic heterocycles. The van der Waals surface area contributed by atoms with Gasteiger partial charge in [0.1, 0.15) is 0 Å². The molecule has 0 saturated heterocycles. The molecule has 3 aromatic carbocycles. The van der Waals surface area contributed by atoms with Crippen LogP contribution in [0.15, 0.2) is 91.0 Å². The summed E-state index contributed by atoms with van der Waals surface area (Å²) in [6, 6.07) is 25.6. The summed E-state index contributed by atoms with van der Waals surface area (Å²) < 4.78 is -1.70. The second kappa shape index (κ2) is 7.62. The second-order valence-corrected chi connectivity index (χ2v) is 8.22. The van der Waals surface area contributed by atoms with E-state index < -0.39 is 21.6 Å². The number of benzene rings is 3. The Kier molecular flexibility index (Phi) is 5.28. The Morgan fingerprint density at radius 1 is 0.500 bits per heavy atom. The van der Waals surface area contributed by atoms with Crippen LogP contribution in [0.25, 0.3) is 0 Å². The third-order valence-electron chi connectivity index (χ3n) is 4.27. The Morgan fingerprint density at radius 3 is 0.962 bits per heavy atom. The van der Waals surface area contributed by atoms with Gasteiger partial charge >= 0.3 is 160 Å². The number of ketones is 3. The van der Waals surface area contributed by atoms with Crippen LogP contribution in [0.1, 0.15) is 31.1 Å². The number of carbonyl (C=O) groups is 3. The van der Waals surface area contributed by atoms with Gasteiger partial charge in [0.25, 0.3) is 0 Å². The molecule has 3 rings (SSSR count). The average molecular weight is 402 g/mol. The van der Waals surface area contributed by atoms with Crippen molar-refractivity contribution in [1.29, 1.82) is 0 Å². The predicted molar refractivity (Wildman–Crippen MR) is 104 cm³/mol. The van der Waals surface area contributed by atoms with Crippen LogP contribution in [0.5, 0.6) is 0 Å². The van der Waals surface area contributed by atoms with Crippen LogP contribution in [0.3, 0.4) is 0 Å². The van der Waals surface area contributed by atoms with Gasteiger partial charge in [0, 0.05) is 0 Å². The topological polar surface area (TPSA) is 51.2 Å². The van der Waals surface area contributed by atoms with E-state index in [4.69, 9.17) is 0 Å². The molecule has 0 spiro atoms. The standard InChI is InChI=1S/C22H17GeO3/c23-22(19(24)16-10-4-1-5-11-16,20(25)17-12-6-2-7-13-17)21(26)18-14-8-3-9-15-18/h1-15H,23H2. The first-order valence-electron chi connectivity index (χ1n) is 8.20. The molecule has 0 unspecified atom stereocenters. The van der Waals surface area contributed by atoms with Crippen molar-refractivity contribution in [3.8, 4) is 0 Å². The molecule has 0 bridgehead atoms. The first kappa shape index (κ1) is 18.0. The number of rotatable bonds is 6. The first-order valence-corrected chi connectivity index (χ1v) is 9.68. The summed E-state index contributed by atoms with van der Waals surface area (Å²) in [5.41, 5.74) is 1.10. The summed E-state index contributed by atoms with van der Waals surface area (Å²) in [7, 11) is 0. The SMILES string of the molecule is O=C(c1ccccc1)[C]([GeH2])(C(=O)c1ccccc1)C(=O)c1ccccc1. The number of carbonyl (C=O) groups excluding carboxylic acids is 3. The first-order chi connectivity index (χ1) is 12.5. The van der Waals surface area contributed by atoms with Crippen molar-refractivity contribution in [2.24, 2.45) is 0 Å². The maximum atomic E-state index is 13.3. The van der Waals surface area contributed by atoms with Crippen molar-refractivity contribution in [3.63, 3.8) is 0 Å². The van der Waals surface area contributed by atoms with Crippen LogP contribution in [-0.2, 0) is 0 Å². The van der Waals surface area contributed by atoms with Crippen molar-refractivity contribution in [2.45, 2.75) is 4.25 Å². The zero-order chi connectivity index (χ0) is 18.6. The zero-order valence-corrected chi connectivity index (χ0v) is 17.1. The van der Waals surface area contributed by atoms with E-state index in [1.165, 1.54) is 0 Å². The quantitative estimate of drug-likeness (QED) is 0.361. The number of hydrogen-bond donors (Lipinski definition) is 0. The number of hydrogen-bond acceptors (Lipinski definition) is 3. The molecule has 4 heteroatoms. The minimum absolute atomic E-state index is 0.210. The third-order valence-corrected chi connectivity index (χ3v) is 6.29. The van der Waals surface area contributed by atoms with E-state index >= 15 is 0 Å². The third kappa shape index (κ3) is 3.30. The summed E-state index contributed by atoms with van der Waals surface area (Å²) in [5, 5.41) is 0. The van der Waals surface area contributed by atoms with Crippen LogP contribution >= 0.6 is 0 Å². The zero-order valence-electron chi connectivity index (χ0n) is 14.1. The molecule has 0 fully saturated rings. The Morgan fingerprint density at radius 2 is 0.731 bits per heavy atom. The van der Waals surface area contributed by atoms with Crippen LogP contribution in [0.2, 0.25) is 4.25 Å². The van der Waals surface area contributed by atoms with E-state index in [-0.39, 0.29) is 16.5 Å². The molecule has 0 saturated carbocycles. The molecule has 0 atom stereocenters.